The van der Waals surface area contributed by atoms with Crippen LogP contribution in [0.25, 0.3) is 5.65 Å². The summed E-state index contributed by atoms with van der Waals surface area (Å²) in [5.74, 6) is -0.404. The highest BCUT2D eigenvalue weighted by Gasteiger charge is 2.36. The Morgan fingerprint density at radius 3 is 2.45 bits per heavy atom. The molecule has 0 bridgehead atoms. The van der Waals surface area contributed by atoms with Crippen molar-refractivity contribution >= 4 is 27.5 Å². The number of rotatable bonds is 3. The van der Waals surface area contributed by atoms with Crippen LogP contribution in [0, 0.1) is 13.8 Å². The van der Waals surface area contributed by atoms with E-state index < -0.39 is 17.8 Å². The zero-order valence-corrected chi connectivity index (χ0v) is 18.7. The molecule has 1 aliphatic heterocycles. The van der Waals surface area contributed by atoms with E-state index >= 15 is 0 Å². The molecule has 164 valence electrons. The topological polar surface area (TPSA) is 53.7 Å². The van der Waals surface area contributed by atoms with Gasteiger partial charge >= 0.3 is 6.18 Å². The van der Waals surface area contributed by atoms with Crippen molar-refractivity contribution in [3.8, 4) is 0 Å². The number of carbonyl (C=O) groups is 1. The summed E-state index contributed by atoms with van der Waals surface area (Å²) in [6.45, 7) is 6.65. The highest BCUT2D eigenvalue weighted by molar-refractivity contribution is 9.10. The van der Waals surface area contributed by atoms with Gasteiger partial charge in [-0.1, -0.05) is 24.3 Å². The predicted octanol–water partition coefficient (Wildman–Crippen LogP) is 4.09. The number of fused-ring (bicyclic) bond motifs is 1. The Labute approximate surface area is 185 Å². The molecule has 0 radical (unpaired) electrons. The molecule has 1 amide bonds. The van der Waals surface area contributed by atoms with Crippen LogP contribution in [0.1, 0.15) is 33.0 Å². The first-order valence-electron chi connectivity index (χ1n) is 9.84. The van der Waals surface area contributed by atoms with Gasteiger partial charge in [-0.25, -0.2) is 9.50 Å². The summed E-state index contributed by atoms with van der Waals surface area (Å²) < 4.78 is 41.2. The Hall–Kier alpha value is -2.46. The molecule has 1 saturated heterocycles. The molecule has 31 heavy (non-hydrogen) atoms. The van der Waals surface area contributed by atoms with E-state index in [1.807, 2.05) is 12.1 Å². The number of hydrogen-bond donors (Lipinski definition) is 0. The van der Waals surface area contributed by atoms with Gasteiger partial charge in [0.15, 0.2) is 11.3 Å². The van der Waals surface area contributed by atoms with Crippen LogP contribution < -0.4 is 0 Å². The third-order valence-electron chi connectivity index (χ3n) is 5.47. The van der Waals surface area contributed by atoms with Crippen molar-refractivity contribution in [2.75, 3.05) is 26.2 Å². The van der Waals surface area contributed by atoms with Crippen LogP contribution >= 0.6 is 15.9 Å². The van der Waals surface area contributed by atoms with E-state index in [1.54, 1.807) is 4.90 Å². The molecule has 0 N–H and O–H groups in total. The molecule has 10 heteroatoms. The van der Waals surface area contributed by atoms with E-state index in [-0.39, 0.29) is 21.5 Å². The van der Waals surface area contributed by atoms with Crippen molar-refractivity contribution in [3.63, 3.8) is 0 Å². The van der Waals surface area contributed by atoms with Gasteiger partial charge in [0.05, 0.1) is 4.47 Å². The molecular weight excluding hydrogens is 475 g/mol. The number of aryl methyl sites for hydroxylation is 2. The van der Waals surface area contributed by atoms with Gasteiger partial charge in [-0.05, 0) is 47.0 Å². The first-order valence-corrected chi connectivity index (χ1v) is 10.6. The van der Waals surface area contributed by atoms with E-state index in [0.29, 0.717) is 30.7 Å². The first kappa shape index (κ1) is 21.8. The second kappa shape index (κ2) is 8.23. The highest BCUT2D eigenvalue weighted by Crippen LogP contribution is 2.32. The number of benzene rings is 1. The molecule has 6 nitrogen and oxygen atoms in total. The van der Waals surface area contributed by atoms with Crippen molar-refractivity contribution in [2.24, 2.45) is 0 Å². The number of aromatic nitrogens is 3. The van der Waals surface area contributed by atoms with Gasteiger partial charge in [0.1, 0.15) is 5.69 Å². The second-order valence-electron chi connectivity index (χ2n) is 7.67. The molecule has 0 aliphatic carbocycles. The van der Waals surface area contributed by atoms with Crippen LogP contribution in [0.2, 0.25) is 0 Å². The van der Waals surface area contributed by atoms with E-state index in [1.165, 1.54) is 18.1 Å². The lowest BCUT2D eigenvalue weighted by Crippen LogP contribution is -2.48. The Bertz CT molecular complexity index is 1140. The maximum atomic E-state index is 13.4. The van der Waals surface area contributed by atoms with Crippen molar-refractivity contribution in [2.45, 2.75) is 26.6 Å². The summed E-state index contributed by atoms with van der Waals surface area (Å²) in [5.41, 5.74) is 1.62. The van der Waals surface area contributed by atoms with Crippen molar-refractivity contribution in [1.82, 2.24) is 24.4 Å². The smallest absolute Gasteiger partial charge is 0.335 e. The molecular formula is C21H21BrF3N5O. The van der Waals surface area contributed by atoms with Crippen molar-refractivity contribution in [3.05, 3.63) is 63.0 Å². The number of nitrogens with zero attached hydrogens (tertiary/aromatic N) is 5. The largest absolute Gasteiger partial charge is 0.433 e. The number of piperazine rings is 1. The lowest BCUT2D eigenvalue weighted by molar-refractivity contribution is -0.142. The fourth-order valence-corrected chi connectivity index (χ4v) is 4.24. The number of hydrogen-bond acceptors (Lipinski definition) is 4. The number of carbonyl (C=O) groups excluding carboxylic acids is 1. The number of alkyl halides is 3. The summed E-state index contributed by atoms with van der Waals surface area (Å²) >= 11 is 3.25. The van der Waals surface area contributed by atoms with Crippen LogP contribution in [-0.4, -0.2) is 56.5 Å². The standard InChI is InChI=1S/C21H21BrF3N5O/c1-13-5-3-4-6-15(13)12-28-7-9-29(10-8-28)20(31)18-17(22)19-26-14(2)11-16(21(23,24)25)30(19)27-18/h3-6,11H,7-10,12H2,1-2H3. The van der Waals surface area contributed by atoms with Crippen LogP contribution in [-0.2, 0) is 12.7 Å². The molecule has 1 aromatic carbocycles. The van der Waals surface area contributed by atoms with Crippen molar-refractivity contribution in [1.29, 1.82) is 0 Å². The first-order chi connectivity index (χ1) is 14.6. The lowest BCUT2D eigenvalue weighted by Gasteiger charge is -2.34. The molecule has 2 aromatic heterocycles. The summed E-state index contributed by atoms with van der Waals surface area (Å²) in [4.78, 5) is 21.1. The average Bonchev–Trinajstić information content (AvgIpc) is 3.05. The molecule has 1 aliphatic rings. The third kappa shape index (κ3) is 4.31. The second-order valence-corrected chi connectivity index (χ2v) is 8.47. The number of halogens is 4. The fourth-order valence-electron chi connectivity index (χ4n) is 3.74. The molecule has 3 heterocycles. The molecule has 4 rings (SSSR count). The fraction of sp³-hybridized carbons (Fsp3) is 0.381. The Morgan fingerprint density at radius 2 is 1.81 bits per heavy atom. The third-order valence-corrected chi connectivity index (χ3v) is 6.20. The molecule has 0 unspecified atom stereocenters. The van der Waals surface area contributed by atoms with Crippen LogP contribution in [0.4, 0.5) is 13.2 Å². The molecule has 0 saturated carbocycles. The van der Waals surface area contributed by atoms with Crippen LogP contribution in [0.5, 0.6) is 0 Å². The van der Waals surface area contributed by atoms with Gasteiger partial charge in [0, 0.05) is 38.4 Å². The molecule has 0 atom stereocenters. The van der Waals surface area contributed by atoms with Gasteiger partial charge in [-0.15, -0.1) is 0 Å². The minimum Gasteiger partial charge on any atom is -0.335 e. The molecule has 3 aromatic rings. The predicted molar refractivity (Wildman–Crippen MR) is 113 cm³/mol. The average molecular weight is 496 g/mol. The normalized spacial score (nSPS) is 15.6. The minimum absolute atomic E-state index is 0.0196. The summed E-state index contributed by atoms with van der Waals surface area (Å²) in [7, 11) is 0. The number of amides is 1. The van der Waals surface area contributed by atoms with E-state index in [4.69, 9.17) is 0 Å². The highest BCUT2D eigenvalue weighted by atomic mass is 79.9. The van der Waals surface area contributed by atoms with Gasteiger partial charge in [-0.3, -0.25) is 9.69 Å². The Kier molecular flexibility index (Phi) is 5.78. The maximum absolute atomic E-state index is 13.4. The van der Waals surface area contributed by atoms with Gasteiger partial charge < -0.3 is 4.90 Å². The molecule has 1 fully saturated rings. The zero-order chi connectivity index (χ0) is 22.3. The van der Waals surface area contributed by atoms with Crippen LogP contribution in [0.15, 0.2) is 34.8 Å². The zero-order valence-electron chi connectivity index (χ0n) is 17.1. The van der Waals surface area contributed by atoms with E-state index in [0.717, 1.165) is 12.6 Å². The Morgan fingerprint density at radius 1 is 1.13 bits per heavy atom. The summed E-state index contributed by atoms with van der Waals surface area (Å²) in [5, 5.41) is 3.98. The van der Waals surface area contributed by atoms with Gasteiger partial charge in [-0.2, -0.15) is 18.3 Å². The SMILES string of the molecule is Cc1cc(C(F)(F)F)n2nc(C(=O)N3CCN(Cc4ccccc4C)CC3)c(Br)c2n1. The lowest BCUT2D eigenvalue weighted by atomic mass is 10.1. The van der Waals surface area contributed by atoms with E-state index in [2.05, 4.69) is 50.0 Å². The van der Waals surface area contributed by atoms with Gasteiger partial charge in [0.25, 0.3) is 5.91 Å². The summed E-state index contributed by atoms with van der Waals surface area (Å²) in [6, 6.07) is 9.09. The van der Waals surface area contributed by atoms with E-state index in [9.17, 15) is 18.0 Å². The maximum Gasteiger partial charge on any atom is 0.433 e. The minimum atomic E-state index is -4.61. The molecule has 0 spiro atoms. The summed E-state index contributed by atoms with van der Waals surface area (Å²) in [6.07, 6.45) is -4.61. The monoisotopic (exact) mass is 495 g/mol. The van der Waals surface area contributed by atoms with Crippen LogP contribution in [0.3, 0.4) is 0 Å². The Balaban J connectivity index is 1.53. The van der Waals surface area contributed by atoms with Gasteiger partial charge in [0.2, 0.25) is 0 Å². The quantitative estimate of drug-likeness (QED) is 0.549. The van der Waals surface area contributed by atoms with Crippen molar-refractivity contribution < 1.29 is 18.0 Å².